The van der Waals surface area contributed by atoms with Crippen molar-refractivity contribution in [2.24, 2.45) is 0 Å². The van der Waals surface area contributed by atoms with Gasteiger partial charge in [0.15, 0.2) is 5.16 Å². The van der Waals surface area contributed by atoms with Gasteiger partial charge in [0.1, 0.15) is 11.5 Å². The Bertz CT molecular complexity index is 1070. The number of carbonyl (C=O) groups is 1. The molecular formula is C21H23N3O4S. The van der Waals surface area contributed by atoms with Crippen LogP contribution in [0.5, 0.6) is 11.5 Å². The van der Waals surface area contributed by atoms with E-state index in [1.807, 2.05) is 19.1 Å². The third-order valence-electron chi connectivity index (χ3n) is 4.41. The van der Waals surface area contributed by atoms with Gasteiger partial charge in [-0.05, 0) is 26.0 Å². The maximum absolute atomic E-state index is 12.7. The zero-order valence-electron chi connectivity index (χ0n) is 16.8. The van der Waals surface area contributed by atoms with Crippen LogP contribution in [0.4, 0.5) is 5.69 Å². The predicted molar refractivity (Wildman–Crippen MR) is 115 cm³/mol. The van der Waals surface area contributed by atoms with E-state index in [1.54, 1.807) is 56.0 Å². The minimum absolute atomic E-state index is 0.106. The van der Waals surface area contributed by atoms with Gasteiger partial charge in [-0.3, -0.25) is 14.2 Å². The van der Waals surface area contributed by atoms with Crippen molar-refractivity contribution in [1.82, 2.24) is 9.55 Å². The lowest BCUT2D eigenvalue weighted by Gasteiger charge is -2.16. The molecule has 0 spiro atoms. The van der Waals surface area contributed by atoms with E-state index < -0.39 is 5.25 Å². The topological polar surface area (TPSA) is 82.5 Å². The largest absolute Gasteiger partial charge is 0.497 e. The monoisotopic (exact) mass is 413 g/mol. The molecule has 0 aliphatic carbocycles. The Hall–Kier alpha value is -3.00. The molecule has 7 nitrogen and oxygen atoms in total. The fourth-order valence-electron chi connectivity index (χ4n) is 2.85. The number of nitrogens with zero attached hydrogens (tertiary/aromatic N) is 2. The summed E-state index contributed by atoms with van der Waals surface area (Å²) in [5.74, 6) is 0.947. The zero-order chi connectivity index (χ0) is 21.0. The van der Waals surface area contributed by atoms with Gasteiger partial charge in [-0.15, -0.1) is 0 Å². The SMILES string of the molecule is CCn1c(SC(C)C(=O)Nc2cc(OC)cc(OC)c2)nc2ccccc2c1=O. The van der Waals surface area contributed by atoms with E-state index in [0.717, 1.165) is 0 Å². The second-order valence-electron chi connectivity index (χ2n) is 6.31. The van der Waals surface area contributed by atoms with Crippen molar-refractivity contribution in [3.8, 4) is 11.5 Å². The van der Waals surface area contributed by atoms with E-state index >= 15 is 0 Å². The number of carbonyl (C=O) groups excluding carboxylic acids is 1. The van der Waals surface area contributed by atoms with Crippen LogP contribution >= 0.6 is 11.8 Å². The Balaban J connectivity index is 1.84. The number of ether oxygens (including phenoxy) is 2. The molecule has 1 atom stereocenters. The molecule has 29 heavy (non-hydrogen) atoms. The van der Waals surface area contributed by atoms with Gasteiger partial charge in [-0.2, -0.15) is 0 Å². The summed E-state index contributed by atoms with van der Waals surface area (Å²) < 4.78 is 12.1. The maximum Gasteiger partial charge on any atom is 0.262 e. The maximum atomic E-state index is 12.7. The summed E-state index contributed by atoms with van der Waals surface area (Å²) >= 11 is 1.25. The van der Waals surface area contributed by atoms with Crippen molar-refractivity contribution >= 4 is 34.3 Å². The molecule has 0 fully saturated rings. The van der Waals surface area contributed by atoms with E-state index in [1.165, 1.54) is 11.8 Å². The first-order chi connectivity index (χ1) is 14.0. The molecule has 152 valence electrons. The van der Waals surface area contributed by atoms with E-state index in [4.69, 9.17) is 9.47 Å². The Morgan fingerprint density at radius 1 is 1.17 bits per heavy atom. The average molecular weight is 413 g/mol. The Morgan fingerprint density at radius 2 is 1.83 bits per heavy atom. The first kappa shape index (κ1) is 20.7. The normalized spacial score (nSPS) is 11.9. The van der Waals surface area contributed by atoms with Crippen LogP contribution < -0.4 is 20.3 Å². The molecule has 1 unspecified atom stereocenters. The van der Waals surface area contributed by atoms with Crippen molar-refractivity contribution < 1.29 is 14.3 Å². The number of benzene rings is 2. The van der Waals surface area contributed by atoms with Gasteiger partial charge in [0, 0.05) is 30.4 Å². The van der Waals surface area contributed by atoms with Crippen LogP contribution in [0.2, 0.25) is 0 Å². The molecule has 0 saturated heterocycles. The highest BCUT2D eigenvalue weighted by molar-refractivity contribution is 8.00. The molecular weight excluding hydrogens is 390 g/mol. The number of hydrogen-bond donors (Lipinski definition) is 1. The van der Waals surface area contributed by atoms with Gasteiger partial charge in [-0.25, -0.2) is 4.98 Å². The second-order valence-corrected chi connectivity index (χ2v) is 7.62. The molecule has 1 heterocycles. The molecule has 0 radical (unpaired) electrons. The number of rotatable bonds is 7. The van der Waals surface area contributed by atoms with Crippen LogP contribution in [0.3, 0.4) is 0 Å². The minimum Gasteiger partial charge on any atom is -0.497 e. The molecule has 3 rings (SSSR count). The standard InChI is InChI=1S/C21H23N3O4S/c1-5-24-20(26)17-8-6-7-9-18(17)23-21(24)29-13(2)19(25)22-14-10-15(27-3)12-16(11-14)28-4/h6-13H,5H2,1-4H3,(H,22,25). The molecule has 0 saturated carbocycles. The van der Waals surface area contributed by atoms with E-state index in [9.17, 15) is 9.59 Å². The highest BCUT2D eigenvalue weighted by Gasteiger charge is 2.19. The summed E-state index contributed by atoms with van der Waals surface area (Å²) in [5.41, 5.74) is 1.08. The quantitative estimate of drug-likeness (QED) is 0.471. The minimum atomic E-state index is -0.474. The summed E-state index contributed by atoms with van der Waals surface area (Å²) in [6, 6.07) is 12.4. The van der Waals surface area contributed by atoms with Crippen molar-refractivity contribution in [1.29, 1.82) is 0 Å². The number of aromatic nitrogens is 2. The van der Waals surface area contributed by atoms with Gasteiger partial charge in [0.2, 0.25) is 5.91 Å². The van der Waals surface area contributed by atoms with Gasteiger partial charge in [0.05, 0.1) is 30.4 Å². The molecule has 3 aromatic rings. The fraction of sp³-hybridized carbons (Fsp3) is 0.286. The second kappa shape index (κ2) is 9.00. The van der Waals surface area contributed by atoms with Gasteiger partial charge < -0.3 is 14.8 Å². The number of methoxy groups -OCH3 is 2. The predicted octanol–water partition coefficient (Wildman–Crippen LogP) is 3.55. The van der Waals surface area contributed by atoms with Gasteiger partial charge in [0.25, 0.3) is 5.56 Å². The van der Waals surface area contributed by atoms with Crippen LogP contribution in [0, 0.1) is 0 Å². The number of para-hydroxylation sites is 1. The third kappa shape index (κ3) is 4.54. The van der Waals surface area contributed by atoms with Crippen molar-refractivity contribution in [2.45, 2.75) is 30.8 Å². The molecule has 1 amide bonds. The molecule has 0 bridgehead atoms. The van der Waals surface area contributed by atoms with Crippen LogP contribution in [0.25, 0.3) is 10.9 Å². The first-order valence-electron chi connectivity index (χ1n) is 9.17. The van der Waals surface area contributed by atoms with Crippen molar-refractivity contribution in [3.63, 3.8) is 0 Å². The number of hydrogen-bond acceptors (Lipinski definition) is 6. The van der Waals surface area contributed by atoms with Gasteiger partial charge >= 0.3 is 0 Å². The van der Waals surface area contributed by atoms with E-state index in [2.05, 4.69) is 10.3 Å². The number of anilines is 1. The Morgan fingerprint density at radius 3 is 2.45 bits per heavy atom. The summed E-state index contributed by atoms with van der Waals surface area (Å²) in [5, 5.41) is 3.48. The van der Waals surface area contributed by atoms with Crippen LogP contribution in [0.15, 0.2) is 52.4 Å². The molecule has 1 N–H and O–H groups in total. The smallest absolute Gasteiger partial charge is 0.262 e. The number of nitrogens with one attached hydrogen (secondary N) is 1. The summed E-state index contributed by atoms with van der Waals surface area (Å²) in [6.45, 7) is 4.13. The molecule has 8 heteroatoms. The highest BCUT2D eigenvalue weighted by atomic mass is 32.2. The van der Waals surface area contributed by atoms with Crippen LogP contribution in [0.1, 0.15) is 13.8 Å². The van der Waals surface area contributed by atoms with Crippen molar-refractivity contribution in [3.05, 3.63) is 52.8 Å². The van der Waals surface area contributed by atoms with E-state index in [-0.39, 0.29) is 11.5 Å². The Labute approximate surface area is 173 Å². The third-order valence-corrected chi connectivity index (χ3v) is 5.50. The summed E-state index contributed by atoms with van der Waals surface area (Å²) in [7, 11) is 3.10. The number of fused-ring (bicyclic) bond motifs is 1. The lowest BCUT2D eigenvalue weighted by molar-refractivity contribution is -0.115. The highest BCUT2D eigenvalue weighted by Crippen LogP contribution is 2.28. The fourth-order valence-corrected chi connectivity index (χ4v) is 3.82. The van der Waals surface area contributed by atoms with Crippen LogP contribution in [-0.4, -0.2) is 34.9 Å². The number of amides is 1. The van der Waals surface area contributed by atoms with Crippen molar-refractivity contribution in [2.75, 3.05) is 19.5 Å². The lowest BCUT2D eigenvalue weighted by Crippen LogP contribution is -2.26. The first-order valence-corrected chi connectivity index (χ1v) is 10.0. The molecule has 1 aromatic heterocycles. The lowest BCUT2D eigenvalue weighted by atomic mass is 10.2. The van der Waals surface area contributed by atoms with Crippen LogP contribution in [-0.2, 0) is 11.3 Å². The molecule has 0 aliphatic heterocycles. The summed E-state index contributed by atoms with van der Waals surface area (Å²) in [6.07, 6.45) is 0. The Kier molecular flexibility index (Phi) is 6.43. The van der Waals surface area contributed by atoms with E-state index in [0.29, 0.717) is 39.8 Å². The average Bonchev–Trinajstić information content (AvgIpc) is 2.73. The summed E-state index contributed by atoms with van der Waals surface area (Å²) in [4.78, 5) is 30.1. The molecule has 2 aromatic carbocycles. The zero-order valence-corrected chi connectivity index (χ0v) is 17.6. The number of thioether (sulfide) groups is 1. The molecule has 0 aliphatic rings. The van der Waals surface area contributed by atoms with Gasteiger partial charge in [-0.1, -0.05) is 23.9 Å².